The summed E-state index contributed by atoms with van der Waals surface area (Å²) in [5.41, 5.74) is 4.84. The van der Waals surface area contributed by atoms with Crippen molar-refractivity contribution in [1.29, 1.82) is 0 Å². The number of fused-ring (bicyclic) bond motifs is 4. The number of carbonyl (C=O) groups excluding carboxylic acids is 4. The van der Waals surface area contributed by atoms with E-state index in [9.17, 15) is 67.5 Å². The highest BCUT2D eigenvalue weighted by atomic mass is 35.5. The normalized spacial score (nSPS) is 13.6. The summed E-state index contributed by atoms with van der Waals surface area (Å²) in [6, 6.07) is 46.7. The number of nitrogens with one attached hydrogen (secondary N) is 12. The van der Waals surface area contributed by atoms with E-state index in [0.29, 0.717) is 101 Å². The zero-order valence-corrected chi connectivity index (χ0v) is 79.1. The number of anilines is 12. The van der Waals surface area contributed by atoms with E-state index in [2.05, 4.69) is 113 Å². The monoisotopic (exact) mass is 2070 g/mol. The maximum absolute atomic E-state index is 14.8. The number of piperazine rings is 4. The molecule has 0 atom stereocenters. The number of nitrogens with zero attached hydrogens (tertiary/aromatic N) is 12. The molecular formula is C101H84Cl3F11N24O8. The fraction of sp³-hybridized carbons (Fsp3) is 0.168. The first-order chi connectivity index (χ1) is 71.0. The maximum Gasteiger partial charge on any atom is 0.419 e. The lowest BCUT2D eigenvalue weighted by molar-refractivity contribution is -0.139. The lowest BCUT2D eigenvalue weighted by Gasteiger charge is -2.28. The minimum absolute atomic E-state index is 0.0102. The van der Waals surface area contributed by atoms with Gasteiger partial charge in [0.05, 0.1) is 89.6 Å². The minimum Gasteiger partial charge on any atom is -0.454 e. The zero-order valence-electron chi connectivity index (χ0n) is 76.8. The Bertz CT molecular complexity index is 7060. The number of aromatic nitrogens is 8. The highest BCUT2D eigenvalue weighted by Crippen LogP contribution is 2.39. The second-order valence-electron chi connectivity index (χ2n) is 32.8. The Balaban J connectivity index is 0.000000134. The quantitative estimate of drug-likeness (QED) is 0.0315. The Kier molecular flexibility index (Phi) is 32.5. The molecule has 20 rings (SSSR count). The van der Waals surface area contributed by atoms with E-state index in [0.717, 1.165) is 170 Å². The second kappa shape index (κ2) is 46.9. The van der Waals surface area contributed by atoms with Gasteiger partial charge in [0, 0.05) is 205 Å². The van der Waals surface area contributed by atoms with Gasteiger partial charge in [-0.2, -0.15) is 13.2 Å². The summed E-state index contributed by atoms with van der Waals surface area (Å²) in [4.78, 5) is 94.0. The summed E-state index contributed by atoms with van der Waals surface area (Å²) in [5, 5.41) is 33.2. The third-order valence-electron chi connectivity index (χ3n) is 22.5. The van der Waals surface area contributed by atoms with Crippen molar-refractivity contribution >= 4 is 172 Å². The van der Waals surface area contributed by atoms with Gasteiger partial charge in [-0.3, -0.25) is 19.9 Å². The van der Waals surface area contributed by atoms with Crippen molar-refractivity contribution in [3.05, 3.63) is 310 Å². The van der Waals surface area contributed by atoms with Gasteiger partial charge in [0.15, 0.2) is 57.9 Å². The molecule has 4 fully saturated rings. The predicted octanol–water partition coefficient (Wildman–Crippen LogP) is 22.0. The Morgan fingerprint density at radius 2 is 0.503 bits per heavy atom. The van der Waals surface area contributed by atoms with Gasteiger partial charge >= 0.3 is 30.3 Å². The van der Waals surface area contributed by atoms with Gasteiger partial charge in [-0.05, 0) is 164 Å². The van der Waals surface area contributed by atoms with Crippen LogP contribution in [-0.4, -0.2) is 169 Å². The average Bonchev–Trinajstić information content (AvgIpc) is 0.808. The lowest BCUT2D eigenvalue weighted by atomic mass is 10.2. The maximum atomic E-state index is 14.8. The topological polar surface area (TPSA) is 366 Å². The van der Waals surface area contributed by atoms with Gasteiger partial charge in [0.1, 0.15) is 57.9 Å². The number of hydrogen-bond donors (Lipinski definition) is 12. The molecule has 0 radical (unpaired) electrons. The van der Waals surface area contributed by atoms with Crippen LogP contribution in [0.3, 0.4) is 0 Å². The summed E-state index contributed by atoms with van der Waals surface area (Å²) < 4.78 is 174. The molecule has 0 unspecified atom stereocenters. The smallest absolute Gasteiger partial charge is 0.419 e. The minimum atomic E-state index is -4.93. The average molecular weight is 2080 g/mol. The van der Waals surface area contributed by atoms with Crippen LogP contribution in [0.2, 0.25) is 15.1 Å². The van der Waals surface area contributed by atoms with E-state index in [1.807, 2.05) is 0 Å². The van der Waals surface area contributed by atoms with E-state index in [4.69, 9.17) is 63.7 Å². The van der Waals surface area contributed by atoms with Crippen molar-refractivity contribution in [1.82, 2.24) is 61.1 Å². The van der Waals surface area contributed by atoms with E-state index in [1.165, 1.54) is 78.9 Å². The van der Waals surface area contributed by atoms with Crippen LogP contribution in [0, 0.1) is 46.5 Å². The number of rotatable bonds is 20. The molecule has 0 spiro atoms. The molecule has 46 heteroatoms. The summed E-state index contributed by atoms with van der Waals surface area (Å²) in [6.07, 6.45) is 2.03. The van der Waals surface area contributed by atoms with Crippen molar-refractivity contribution in [3.63, 3.8) is 0 Å². The predicted molar refractivity (Wildman–Crippen MR) is 541 cm³/mol. The molecule has 147 heavy (non-hydrogen) atoms. The number of carbonyl (C=O) groups is 4. The summed E-state index contributed by atoms with van der Waals surface area (Å²) in [6.45, 7) is 13.7. The number of hydrogen-bond acceptors (Lipinski definition) is 24. The van der Waals surface area contributed by atoms with E-state index < -0.39 is 82.4 Å². The first kappa shape index (κ1) is 102. The molecule has 4 saturated heterocycles. The van der Waals surface area contributed by atoms with Gasteiger partial charge in [-0.25, -0.2) is 74.2 Å². The number of urea groups is 4. The fourth-order valence-corrected chi connectivity index (χ4v) is 15.7. The van der Waals surface area contributed by atoms with Crippen molar-refractivity contribution in [2.75, 3.05) is 167 Å². The first-order valence-corrected chi connectivity index (χ1v) is 46.5. The Hall–Kier alpha value is -16.6. The Morgan fingerprint density at radius 3 is 0.769 bits per heavy atom. The Morgan fingerprint density at radius 1 is 0.259 bits per heavy atom. The van der Waals surface area contributed by atoms with Gasteiger partial charge in [0.25, 0.3) is 0 Å². The molecule has 0 saturated carbocycles. The molecule has 0 bridgehead atoms. The molecule has 8 amide bonds. The van der Waals surface area contributed by atoms with Gasteiger partial charge < -0.3 is 102 Å². The molecule has 12 N–H and O–H groups in total. The van der Waals surface area contributed by atoms with E-state index in [1.54, 1.807) is 110 Å². The standard InChI is InChI=1S/C26H21F5N6O2.C25H21Cl2FN6O2.C25H21ClF2N6O2.C25H21F3N6O2/c27-19-4-1-15(11-18(19)26(29,30)31)34-25(38)35-16-2-6-23(20(28)12-16)39-17-3-5-21-22(13-17)36-24(14-33-21)37-9-7-32-8-10-37;26-18-4-1-15(11-19(18)27)31-25(35)32-16-2-6-23(20(28)12-16)36-17-3-5-21-22(13-17)33-24(14-30-21)34-9-7-29-8-10-34;26-18-11-15(1-4-19(18)27)31-25(35)32-16-2-6-23(20(28)12-16)36-17-3-5-21-22(13-17)33-24(14-30-21)34-9-7-29-8-10-34;26-18-4-1-15(11-19(18)27)31-25(35)32-16-2-6-23(20(28)12-16)36-17-3-5-21-22(13-17)33-24(14-30-21)34-9-7-29-8-10-34/h1-6,11-14,32H,7-10H2,(H2,34,35,38);3*1-6,11-14,29H,7-10H2,(H2,31,32,35). The summed E-state index contributed by atoms with van der Waals surface area (Å²) in [7, 11) is 0. The molecule has 4 aromatic heterocycles. The molecule has 12 aromatic carbocycles. The molecular weight excluding hydrogens is 1990 g/mol. The van der Waals surface area contributed by atoms with Crippen LogP contribution < -0.4 is 102 Å². The lowest BCUT2D eigenvalue weighted by Crippen LogP contribution is -2.43. The molecule has 16 aromatic rings. The molecule has 32 nitrogen and oxygen atoms in total. The largest absolute Gasteiger partial charge is 0.454 e. The van der Waals surface area contributed by atoms with Crippen molar-refractivity contribution < 1.29 is 86.4 Å². The van der Waals surface area contributed by atoms with Gasteiger partial charge in [-0.15, -0.1) is 0 Å². The number of halogens is 14. The highest BCUT2D eigenvalue weighted by Gasteiger charge is 2.35. The summed E-state index contributed by atoms with van der Waals surface area (Å²) >= 11 is 17.6. The zero-order chi connectivity index (χ0) is 103. The van der Waals surface area contributed by atoms with Crippen LogP contribution in [0.25, 0.3) is 44.1 Å². The molecule has 4 aliphatic rings. The molecule has 8 heterocycles. The first-order valence-electron chi connectivity index (χ1n) is 45.3. The van der Waals surface area contributed by atoms with Gasteiger partial charge in [0.2, 0.25) is 0 Å². The van der Waals surface area contributed by atoms with Crippen LogP contribution in [-0.2, 0) is 6.18 Å². The van der Waals surface area contributed by atoms with Crippen LogP contribution >= 0.6 is 34.8 Å². The summed E-state index contributed by atoms with van der Waals surface area (Å²) in [5.74, 6) is -2.58. The number of alkyl halides is 3. The Labute approximate surface area is 844 Å². The third-order valence-corrected chi connectivity index (χ3v) is 23.5. The molecule has 0 aliphatic carbocycles. The SMILES string of the molecule is O=C(Nc1ccc(F)c(F)c1)Nc1ccc(Oc2ccc3ncc(N4CCNCC4)nc3c2)c(F)c1.O=C(Nc1ccc(Oc2ccc3ncc(N4CCNCC4)nc3c2)c(F)c1)Nc1ccc(Cl)c(Cl)c1.O=C(Nc1ccc(Oc2ccc3ncc(N4CCNCC4)nc3c2)c(F)c1)Nc1ccc(F)c(C(F)(F)F)c1.O=C(Nc1ccc(Oc2ccc3ncc(N4CCNCC4)nc3c2)c(F)c1)Nc1ccc(F)c(Cl)c1. The number of amides is 8. The third kappa shape index (κ3) is 27.3. The van der Waals surface area contributed by atoms with Crippen molar-refractivity contribution in [3.8, 4) is 46.0 Å². The second-order valence-corrected chi connectivity index (χ2v) is 34.1. The molecule has 4 aliphatic heterocycles. The van der Waals surface area contributed by atoms with E-state index >= 15 is 0 Å². The van der Waals surface area contributed by atoms with Crippen LogP contribution in [0.4, 0.5) is 136 Å². The van der Waals surface area contributed by atoms with Crippen LogP contribution in [0.5, 0.6) is 46.0 Å². The fourth-order valence-electron chi connectivity index (χ4n) is 15.2. The van der Waals surface area contributed by atoms with Crippen molar-refractivity contribution in [2.24, 2.45) is 0 Å². The molecule has 754 valence electrons. The number of ether oxygens (including phenoxy) is 4. The van der Waals surface area contributed by atoms with Crippen LogP contribution in [0.15, 0.2) is 243 Å². The highest BCUT2D eigenvalue weighted by molar-refractivity contribution is 6.42. The van der Waals surface area contributed by atoms with Crippen LogP contribution in [0.1, 0.15) is 5.56 Å². The number of benzene rings is 12. The van der Waals surface area contributed by atoms with Crippen molar-refractivity contribution in [2.45, 2.75) is 6.18 Å². The van der Waals surface area contributed by atoms with Gasteiger partial charge in [-0.1, -0.05) is 34.8 Å². The van der Waals surface area contributed by atoms with E-state index in [-0.39, 0.29) is 62.1 Å².